The SMILES string of the molecule is CC.CCN(CC(C)CCO)C(=O)CCl. The second-order valence-electron chi connectivity index (χ2n) is 3.18. The van der Waals surface area contributed by atoms with Crippen LogP contribution in [-0.2, 0) is 4.79 Å². The monoisotopic (exact) mass is 237 g/mol. The molecule has 0 aromatic rings. The average Bonchev–Trinajstić information content (AvgIpc) is 2.28. The lowest BCUT2D eigenvalue weighted by Crippen LogP contribution is -2.35. The maximum Gasteiger partial charge on any atom is 0.237 e. The van der Waals surface area contributed by atoms with Crippen LogP contribution < -0.4 is 0 Å². The highest BCUT2D eigenvalue weighted by Gasteiger charge is 2.13. The van der Waals surface area contributed by atoms with Crippen molar-refractivity contribution in [3.63, 3.8) is 0 Å². The highest BCUT2D eigenvalue weighted by Crippen LogP contribution is 2.05. The second kappa shape index (κ2) is 11.8. The van der Waals surface area contributed by atoms with E-state index in [0.717, 1.165) is 6.42 Å². The summed E-state index contributed by atoms with van der Waals surface area (Å²) in [7, 11) is 0. The standard InChI is InChI=1S/C9H18ClNO2.C2H6/c1-3-11(9(13)6-10)7-8(2)4-5-12;1-2/h8,12H,3-7H2,1-2H3;1-2H3. The van der Waals surface area contributed by atoms with Gasteiger partial charge in [-0.15, -0.1) is 11.6 Å². The predicted molar refractivity (Wildman–Crippen MR) is 65.2 cm³/mol. The van der Waals surface area contributed by atoms with Crippen molar-refractivity contribution in [3.8, 4) is 0 Å². The van der Waals surface area contributed by atoms with Gasteiger partial charge in [-0.2, -0.15) is 0 Å². The third-order valence-corrected chi connectivity index (χ3v) is 2.23. The van der Waals surface area contributed by atoms with Crippen molar-refractivity contribution in [2.75, 3.05) is 25.6 Å². The Kier molecular flexibility index (Phi) is 13.5. The second-order valence-corrected chi connectivity index (χ2v) is 3.45. The van der Waals surface area contributed by atoms with Gasteiger partial charge in [0.25, 0.3) is 0 Å². The number of aliphatic hydroxyl groups is 1. The van der Waals surface area contributed by atoms with Crippen LogP contribution in [0.5, 0.6) is 0 Å². The van der Waals surface area contributed by atoms with E-state index >= 15 is 0 Å². The Hall–Kier alpha value is -0.280. The van der Waals surface area contributed by atoms with E-state index in [1.807, 2.05) is 27.7 Å². The van der Waals surface area contributed by atoms with E-state index in [1.54, 1.807) is 4.90 Å². The van der Waals surface area contributed by atoms with Crippen molar-refractivity contribution in [2.45, 2.75) is 34.1 Å². The predicted octanol–water partition coefficient (Wildman–Crippen LogP) is 2.12. The van der Waals surface area contributed by atoms with Gasteiger partial charge in [0, 0.05) is 19.7 Å². The van der Waals surface area contributed by atoms with Crippen LogP contribution in [0.1, 0.15) is 34.1 Å². The van der Waals surface area contributed by atoms with E-state index in [-0.39, 0.29) is 18.4 Å². The lowest BCUT2D eigenvalue weighted by Gasteiger charge is -2.23. The minimum atomic E-state index is -0.0334. The Bertz CT molecular complexity index is 154. The zero-order chi connectivity index (χ0) is 12.3. The molecule has 0 radical (unpaired) electrons. The topological polar surface area (TPSA) is 40.5 Å². The highest BCUT2D eigenvalue weighted by atomic mass is 35.5. The minimum absolute atomic E-state index is 0.0334. The molecule has 4 heteroatoms. The van der Waals surface area contributed by atoms with E-state index in [9.17, 15) is 4.79 Å². The molecule has 0 rings (SSSR count). The number of carbonyl (C=O) groups excluding carboxylic acids is 1. The smallest absolute Gasteiger partial charge is 0.237 e. The van der Waals surface area contributed by atoms with E-state index in [4.69, 9.17) is 16.7 Å². The van der Waals surface area contributed by atoms with E-state index in [2.05, 4.69) is 0 Å². The highest BCUT2D eigenvalue weighted by molar-refractivity contribution is 6.27. The molecule has 0 fully saturated rings. The molecule has 0 aliphatic heterocycles. The first-order valence-corrected chi connectivity index (χ1v) is 6.13. The largest absolute Gasteiger partial charge is 0.396 e. The summed E-state index contributed by atoms with van der Waals surface area (Å²) in [5.74, 6) is 0.339. The Morgan fingerprint density at radius 2 is 2.00 bits per heavy atom. The minimum Gasteiger partial charge on any atom is -0.396 e. The van der Waals surface area contributed by atoms with Gasteiger partial charge in [0.15, 0.2) is 0 Å². The van der Waals surface area contributed by atoms with Gasteiger partial charge >= 0.3 is 0 Å². The van der Waals surface area contributed by atoms with Crippen molar-refractivity contribution in [1.82, 2.24) is 4.90 Å². The average molecular weight is 238 g/mol. The van der Waals surface area contributed by atoms with Crippen molar-refractivity contribution in [2.24, 2.45) is 5.92 Å². The Labute approximate surface area is 98.4 Å². The zero-order valence-corrected chi connectivity index (χ0v) is 11.0. The number of rotatable bonds is 6. The Morgan fingerprint density at radius 3 is 2.33 bits per heavy atom. The molecule has 92 valence electrons. The fourth-order valence-electron chi connectivity index (χ4n) is 1.18. The molecular formula is C11H24ClNO2. The van der Waals surface area contributed by atoms with Crippen LogP contribution in [0.15, 0.2) is 0 Å². The summed E-state index contributed by atoms with van der Waals surface area (Å²) in [6, 6.07) is 0. The third kappa shape index (κ3) is 8.70. The molecule has 0 aliphatic rings. The van der Waals surface area contributed by atoms with Gasteiger partial charge in [0.2, 0.25) is 5.91 Å². The normalized spacial score (nSPS) is 11.3. The van der Waals surface area contributed by atoms with E-state index < -0.39 is 0 Å². The molecular weight excluding hydrogens is 214 g/mol. The van der Waals surface area contributed by atoms with Crippen LogP contribution in [-0.4, -0.2) is 41.5 Å². The molecule has 15 heavy (non-hydrogen) atoms. The number of carbonyl (C=O) groups is 1. The van der Waals surface area contributed by atoms with Crippen molar-refractivity contribution in [1.29, 1.82) is 0 Å². The number of aliphatic hydroxyl groups excluding tert-OH is 1. The maximum atomic E-state index is 11.2. The van der Waals surface area contributed by atoms with Crippen LogP contribution in [0.3, 0.4) is 0 Å². The Morgan fingerprint density at radius 1 is 1.47 bits per heavy atom. The molecule has 0 saturated heterocycles. The molecule has 0 aliphatic carbocycles. The van der Waals surface area contributed by atoms with Crippen molar-refractivity contribution < 1.29 is 9.90 Å². The molecule has 0 aromatic carbocycles. The molecule has 1 N–H and O–H groups in total. The fourth-order valence-corrected chi connectivity index (χ4v) is 1.35. The van der Waals surface area contributed by atoms with Gasteiger partial charge in [-0.25, -0.2) is 0 Å². The van der Waals surface area contributed by atoms with Gasteiger partial charge in [0.1, 0.15) is 5.88 Å². The fraction of sp³-hybridized carbons (Fsp3) is 0.909. The number of halogens is 1. The van der Waals surface area contributed by atoms with E-state index in [0.29, 0.717) is 19.0 Å². The number of hydrogen-bond donors (Lipinski definition) is 1. The third-order valence-electron chi connectivity index (χ3n) is 2.00. The lowest BCUT2D eigenvalue weighted by atomic mass is 10.1. The molecule has 0 spiro atoms. The van der Waals surface area contributed by atoms with Crippen LogP contribution in [0, 0.1) is 5.92 Å². The van der Waals surface area contributed by atoms with Crippen molar-refractivity contribution in [3.05, 3.63) is 0 Å². The molecule has 0 bridgehead atoms. The van der Waals surface area contributed by atoms with Crippen molar-refractivity contribution >= 4 is 17.5 Å². The van der Waals surface area contributed by atoms with Crippen LogP contribution in [0.2, 0.25) is 0 Å². The maximum absolute atomic E-state index is 11.2. The first-order chi connectivity index (χ1) is 7.15. The summed E-state index contributed by atoms with van der Waals surface area (Å²) in [5.41, 5.74) is 0. The summed E-state index contributed by atoms with van der Waals surface area (Å²) in [5, 5.41) is 8.69. The molecule has 1 atom stereocenters. The first kappa shape index (κ1) is 17.1. The summed E-state index contributed by atoms with van der Waals surface area (Å²) in [6.07, 6.45) is 0.728. The zero-order valence-electron chi connectivity index (χ0n) is 10.3. The summed E-state index contributed by atoms with van der Waals surface area (Å²) in [6.45, 7) is 9.48. The molecule has 1 amide bonds. The summed E-state index contributed by atoms with van der Waals surface area (Å²) in [4.78, 5) is 12.9. The number of alkyl halides is 1. The molecule has 0 saturated carbocycles. The van der Waals surface area contributed by atoms with Crippen LogP contribution in [0.4, 0.5) is 0 Å². The number of hydrogen-bond acceptors (Lipinski definition) is 2. The van der Waals surface area contributed by atoms with Gasteiger partial charge in [0.05, 0.1) is 0 Å². The van der Waals surface area contributed by atoms with Gasteiger partial charge in [-0.05, 0) is 19.3 Å². The first-order valence-electron chi connectivity index (χ1n) is 5.60. The van der Waals surface area contributed by atoms with Gasteiger partial charge in [-0.1, -0.05) is 20.8 Å². The van der Waals surface area contributed by atoms with Crippen LogP contribution in [0.25, 0.3) is 0 Å². The van der Waals surface area contributed by atoms with E-state index in [1.165, 1.54) is 0 Å². The number of amides is 1. The van der Waals surface area contributed by atoms with Gasteiger partial charge in [-0.3, -0.25) is 4.79 Å². The van der Waals surface area contributed by atoms with Crippen LogP contribution >= 0.6 is 11.6 Å². The Balaban J connectivity index is 0. The van der Waals surface area contributed by atoms with Gasteiger partial charge < -0.3 is 10.0 Å². The lowest BCUT2D eigenvalue weighted by molar-refractivity contribution is -0.128. The molecule has 0 aromatic heterocycles. The number of nitrogens with zero attached hydrogens (tertiary/aromatic N) is 1. The molecule has 0 heterocycles. The quantitative estimate of drug-likeness (QED) is 0.719. The summed E-state index contributed by atoms with van der Waals surface area (Å²) >= 11 is 5.45. The summed E-state index contributed by atoms with van der Waals surface area (Å²) < 4.78 is 0. The molecule has 1 unspecified atom stereocenters. The molecule has 3 nitrogen and oxygen atoms in total.